The minimum Gasteiger partial charge on any atom is -0.381 e. The second-order valence-electron chi connectivity index (χ2n) is 7.99. The Morgan fingerprint density at radius 3 is 2.50 bits per heavy atom. The van der Waals surface area contributed by atoms with E-state index >= 15 is 0 Å². The highest BCUT2D eigenvalue weighted by Crippen LogP contribution is 2.21. The fourth-order valence-corrected chi connectivity index (χ4v) is 3.43. The van der Waals surface area contributed by atoms with Crippen molar-refractivity contribution < 1.29 is 4.74 Å². The van der Waals surface area contributed by atoms with Gasteiger partial charge in [-0.15, -0.1) is 24.0 Å². The van der Waals surface area contributed by atoms with Crippen molar-refractivity contribution in [1.29, 1.82) is 0 Å². The molecule has 0 unspecified atom stereocenters. The van der Waals surface area contributed by atoms with E-state index in [-0.39, 0.29) is 29.4 Å². The maximum Gasteiger partial charge on any atom is 0.193 e. The van der Waals surface area contributed by atoms with Gasteiger partial charge in [0.25, 0.3) is 0 Å². The van der Waals surface area contributed by atoms with Gasteiger partial charge in [-0.05, 0) is 42.6 Å². The molecule has 1 heterocycles. The zero-order valence-corrected chi connectivity index (χ0v) is 19.2. The van der Waals surface area contributed by atoms with Gasteiger partial charge in [0, 0.05) is 40.4 Å². The molecule has 1 aromatic rings. The lowest BCUT2D eigenvalue weighted by molar-refractivity contribution is 0.0625. The Balaban J connectivity index is 0.00000338. The van der Waals surface area contributed by atoms with E-state index in [1.54, 1.807) is 0 Å². The van der Waals surface area contributed by atoms with Crippen molar-refractivity contribution in [2.45, 2.75) is 39.5 Å². The van der Waals surface area contributed by atoms with E-state index in [9.17, 15) is 0 Å². The maximum absolute atomic E-state index is 5.45. The lowest BCUT2D eigenvalue weighted by Gasteiger charge is -2.30. The number of aliphatic imine (C=N–C) groups is 1. The summed E-state index contributed by atoms with van der Waals surface area (Å²) < 4.78 is 5.45. The second kappa shape index (κ2) is 11.8. The standard InChI is InChI=1S/C21H35N3O.HI/c1-21(2,16-19-8-6-5-7-9-19)17-23-20(22-3)24(4)13-10-18-11-14-25-15-12-18;/h5-9,18H,10-17H2,1-4H3,(H,22,23);1H. The number of hydrogen-bond donors (Lipinski definition) is 1. The first-order valence-electron chi connectivity index (χ1n) is 9.53. The zero-order chi connectivity index (χ0) is 18.1. The number of benzene rings is 1. The van der Waals surface area contributed by atoms with Crippen LogP contribution in [-0.4, -0.2) is 51.3 Å². The summed E-state index contributed by atoms with van der Waals surface area (Å²) in [6.07, 6.45) is 4.67. The van der Waals surface area contributed by atoms with Crippen LogP contribution in [0.3, 0.4) is 0 Å². The van der Waals surface area contributed by atoms with E-state index in [2.05, 4.69) is 66.4 Å². The van der Waals surface area contributed by atoms with Gasteiger partial charge >= 0.3 is 0 Å². The van der Waals surface area contributed by atoms with Crippen molar-refractivity contribution in [2.24, 2.45) is 16.3 Å². The van der Waals surface area contributed by atoms with Gasteiger partial charge in [0.15, 0.2) is 5.96 Å². The first kappa shape index (κ1) is 23.2. The van der Waals surface area contributed by atoms with Gasteiger partial charge < -0.3 is 15.0 Å². The number of halogens is 1. The minimum atomic E-state index is 0. The quantitative estimate of drug-likeness (QED) is 0.367. The highest BCUT2D eigenvalue weighted by molar-refractivity contribution is 14.0. The first-order chi connectivity index (χ1) is 12.0. The molecule has 0 aromatic heterocycles. The Labute approximate surface area is 176 Å². The van der Waals surface area contributed by atoms with E-state index in [0.717, 1.165) is 44.6 Å². The lowest BCUT2D eigenvalue weighted by atomic mass is 9.86. The number of hydrogen-bond acceptors (Lipinski definition) is 2. The van der Waals surface area contributed by atoms with Crippen LogP contribution in [-0.2, 0) is 11.2 Å². The molecule has 1 aromatic carbocycles. The van der Waals surface area contributed by atoms with E-state index < -0.39 is 0 Å². The largest absolute Gasteiger partial charge is 0.381 e. The van der Waals surface area contributed by atoms with Crippen LogP contribution in [0.25, 0.3) is 0 Å². The van der Waals surface area contributed by atoms with Crippen molar-refractivity contribution in [2.75, 3.05) is 40.4 Å². The Morgan fingerprint density at radius 1 is 1.23 bits per heavy atom. The molecule has 5 heteroatoms. The maximum atomic E-state index is 5.45. The van der Waals surface area contributed by atoms with Crippen LogP contribution in [0.1, 0.15) is 38.7 Å². The van der Waals surface area contributed by atoms with Crippen LogP contribution in [0.15, 0.2) is 35.3 Å². The predicted octanol–water partition coefficient (Wildman–Crippen LogP) is 4.20. The molecule has 1 aliphatic rings. The molecule has 0 amide bonds. The molecule has 0 bridgehead atoms. The van der Waals surface area contributed by atoms with Gasteiger partial charge in [0.1, 0.15) is 0 Å². The third-order valence-corrected chi connectivity index (χ3v) is 5.04. The van der Waals surface area contributed by atoms with Gasteiger partial charge in [-0.25, -0.2) is 0 Å². The van der Waals surface area contributed by atoms with Crippen molar-refractivity contribution in [3.05, 3.63) is 35.9 Å². The topological polar surface area (TPSA) is 36.9 Å². The molecular formula is C21H36IN3O. The summed E-state index contributed by atoms with van der Waals surface area (Å²) in [6.45, 7) is 8.42. The molecule has 0 spiro atoms. The molecule has 1 aliphatic heterocycles. The average Bonchev–Trinajstić information content (AvgIpc) is 2.61. The highest BCUT2D eigenvalue weighted by Gasteiger charge is 2.20. The molecule has 4 nitrogen and oxygen atoms in total. The van der Waals surface area contributed by atoms with Crippen LogP contribution < -0.4 is 5.32 Å². The Kier molecular flexibility index (Phi) is 10.5. The average molecular weight is 473 g/mol. The number of rotatable bonds is 7. The Hall–Kier alpha value is -0.820. The number of ether oxygens (including phenoxy) is 1. The molecule has 1 N–H and O–H groups in total. The van der Waals surface area contributed by atoms with Gasteiger partial charge in [-0.1, -0.05) is 44.2 Å². The second-order valence-corrected chi connectivity index (χ2v) is 7.99. The third-order valence-electron chi connectivity index (χ3n) is 5.04. The van der Waals surface area contributed by atoms with Crippen LogP contribution in [0.2, 0.25) is 0 Å². The molecule has 0 aliphatic carbocycles. The SMILES string of the molecule is CN=C(NCC(C)(C)Cc1ccccc1)N(C)CCC1CCOCC1.I. The smallest absolute Gasteiger partial charge is 0.193 e. The molecule has 1 saturated heterocycles. The monoisotopic (exact) mass is 473 g/mol. The Morgan fingerprint density at radius 2 is 1.88 bits per heavy atom. The van der Waals surface area contributed by atoms with Gasteiger partial charge in [-0.3, -0.25) is 4.99 Å². The molecule has 2 rings (SSSR count). The normalized spacial score (nSPS) is 16.1. The van der Waals surface area contributed by atoms with Crippen LogP contribution in [0.4, 0.5) is 0 Å². The minimum absolute atomic E-state index is 0. The summed E-state index contributed by atoms with van der Waals surface area (Å²) in [4.78, 5) is 6.73. The van der Waals surface area contributed by atoms with Crippen molar-refractivity contribution >= 4 is 29.9 Å². The molecule has 0 atom stereocenters. The van der Waals surface area contributed by atoms with Crippen LogP contribution in [0, 0.1) is 11.3 Å². The van der Waals surface area contributed by atoms with E-state index in [0.29, 0.717) is 0 Å². The fraction of sp³-hybridized carbons (Fsp3) is 0.667. The van der Waals surface area contributed by atoms with E-state index in [1.807, 2.05) is 7.05 Å². The van der Waals surface area contributed by atoms with Crippen molar-refractivity contribution in [3.8, 4) is 0 Å². The Bertz CT molecular complexity index is 527. The molecule has 0 saturated carbocycles. The summed E-state index contributed by atoms with van der Waals surface area (Å²) in [5.41, 5.74) is 1.57. The molecule has 148 valence electrons. The van der Waals surface area contributed by atoms with Gasteiger partial charge in [0.2, 0.25) is 0 Å². The lowest BCUT2D eigenvalue weighted by Crippen LogP contribution is -2.44. The highest BCUT2D eigenvalue weighted by atomic mass is 127. The van der Waals surface area contributed by atoms with E-state index in [4.69, 9.17) is 4.74 Å². The van der Waals surface area contributed by atoms with E-state index in [1.165, 1.54) is 24.8 Å². The first-order valence-corrected chi connectivity index (χ1v) is 9.53. The van der Waals surface area contributed by atoms with Crippen molar-refractivity contribution in [1.82, 2.24) is 10.2 Å². The fourth-order valence-electron chi connectivity index (χ4n) is 3.43. The zero-order valence-electron chi connectivity index (χ0n) is 16.8. The summed E-state index contributed by atoms with van der Waals surface area (Å²) in [7, 11) is 4.01. The summed E-state index contributed by atoms with van der Waals surface area (Å²) in [5, 5.41) is 3.57. The van der Waals surface area contributed by atoms with Gasteiger partial charge in [0.05, 0.1) is 0 Å². The number of guanidine groups is 1. The van der Waals surface area contributed by atoms with Crippen LogP contribution >= 0.6 is 24.0 Å². The summed E-state index contributed by atoms with van der Waals surface area (Å²) in [5.74, 6) is 1.79. The molecule has 1 fully saturated rings. The summed E-state index contributed by atoms with van der Waals surface area (Å²) in [6, 6.07) is 10.7. The molecule has 0 radical (unpaired) electrons. The predicted molar refractivity (Wildman–Crippen MR) is 121 cm³/mol. The molecular weight excluding hydrogens is 437 g/mol. The number of nitrogens with one attached hydrogen (secondary N) is 1. The van der Waals surface area contributed by atoms with Gasteiger partial charge in [-0.2, -0.15) is 0 Å². The van der Waals surface area contributed by atoms with Crippen molar-refractivity contribution in [3.63, 3.8) is 0 Å². The van der Waals surface area contributed by atoms with Crippen LogP contribution in [0.5, 0.6) is 0 Å². The number of nitrogens with zero attached hydrogens (tertiary/aromatic N) is 2. The summed E-state index contributed by atoms with van der Waals surface area (Å²) >= 11 is 0. The molecule has 26 heavy (non-hydrogen) atoms. The third kappa shape index (κ3) is 8.25.